The zero-order chi connectivity index (χ0) is 23.7. The van der Waals surface area contributed by atoms with E-state index >= 15 is 0 Å². The maximum absolute atomic E-state index is 12.0. The first-order valence-electron chi connectivity index (χ1n) is 9.07. The highest BCUT2D eigenvalue weighted by atomic mass is 35.5. The summed E-state index contributed by atoms with van der Waals surface area (Å²) in [6.07, 6.45) is -1.42. The first-order valence-corrected chi connectivity index (χ1v) is 9.95. The molecule has 0 heterocycles. The average Bonchev–Trinajstić information content (AvgIpc) is 2.80. The molecule has 10 nitrogen and oxygen atoms in total. The molecular weight excluding hydrogens is 467 g/mol. The molecule has 0 radical (unpaired) electrons. The van der Waals surface area contributed by atoms with E-state index in [2.05, 4.69) is 5.32 Å². The number of alkyl halides is 2. The molecule has 0 bridgehead atoms. The number of benzene rings is 2. The predicted octanol–water partition coefficient (Wildman–Crippen LogP) is 2.32. The Morgan fingerprint density at radius 2 is 1.66 bits per heavy atom. The van der Waals surface area contributed by atoms with E-state index in [4.69, 9.17) is 32.7 Å². The van der Waals surface area contributed by atoms with Crippen molar-refractivity contribution in [2.45, 2.75) is 17.0 Å². The third-order valence-corrected chi connectivity index (χ3v) is 4.50. The number of amides is 1. The molecule has 0 aliphatic heterocycles. The van der Waals surface area contributed by atoms with Crippen molar-refractivity contribution in [3.8, 4) is 0 Å². The maximum Gasteiger partial charge on any atom is 0.344 e. The van der Waals surface area contributed by atoms with E-state index in [-0.39, 0.29) is 16.8 Å². The highest BCUT2D eigenvalue weighted by Gasteiger charge is 2.27. The quantitative estimate of drug-likeness (QED) is 0.226. The van der Waals surface area contributed by atoms with Crippen LogP contribution >= 0.6 is 23.2 Å². The minimum Gasteiger partial charge on any atom is -0.461 e. The third-order valence-electron chi connectivity index (χ3n) is 4.11. The molecule has 0 saturated carbocycles. The van der Waals surface area contributed by atoms with Crippen molar-refractivity contribution >= 4 is 46.7 Å². The lowest BCUT2D eigenvalue weighted by Crippen LogP contribution is -2.45. The van der Waals surface area contributed by atoms with Gasteiger partial charge < -0.3 is 19.9 Å². The number of carbonyl (C=O) groups excluding carboxylic acids is 3. The van der Waals surface area contributed by atoms with Gasteiger partial charge in [0, 0.05) is 12.1 Å². The van der Waals surface area contributed by atoms with Gasteiger partial charge in [0.25, 0.3) is 11.6 Å². The summed E-state index contributed by atoms with van der Waals surface area (Å²) in [4.78, 5) is 44.4. The van der Waals surface area contributed by atoms with Crippen LogP contribution in [0.1, 0.15) is 22.0 Å². The summed E-state index contributed by atoms with van der Waals surface area (Å²) in [5.41, 5.74) is 0.247. The summed E-state index contributed by atoms with van der Waals surface area (Å²) >= 11 is 11.0. The number of aliphatic hydroxyl groups is 1. The Balaban J connectivity index is 1.99. The number of nitro groups is 1. The number of rotatable bonds is 10. The van der Waals surface area contributed by atoms with E-state index in [1.807, 2.05) is 0 Å². The number of nitrogens with zero attached hydrogens (tertiary/aromatic N) is 1. The number of carbonyl (C=O) groups is 3. The molecular formula is C20H18Cl2N2O8. The average molecular weight is 485 g/mol. The van der Waals surface area contributed by atoms with Gasteiger partial charge in [-0.3, -0.25) is 14.9 Å². The standard InChI is InChI=1S/C20H18Cl2N2O8/c21-18(22)19(27)23-15(17(26)12-6-8-14(9-7-12)24(29)30)10-31-16(25)11-32-20(28)13-4-2-1-3-5-13/h1-9,15,17-18,26H,10-11H2,(H,23,27). The highest BCUT2D eigenvalue weighted by molar-refractivity contribution is 6.53. The van der Waals surface area contributed by atoms with Crippen LogP contribution in [0.2, 0.25) is 0 Å². The van der Waals surface area contributed by atoms with Gasteiger partial charge in [-0.15, -0.1) is 0 Å². The Morgan fingerprint density at radius 3 is 2.22 bits per heavy atom. The van der Waals surface area contributed by atoms with Crippen molar-refractivity contribution in [1.29, 1.82) is 0 Å². The molecule has 12 heteroatoms. The largest absolute Gasteiger partial charge is 0.461 e. The summed E-state index contributed by atoms with van der Waals surface area (Å²) in [6, 6.07) is 11.7. The van der Waals surface area contributed by atoms with E-state index < -0.39 is 53.0 Å². The maximum atomic E-state index is 12.0. The smallest absolute Gasteiger partial charge is 0.344 e. The highest BCUT2D eigenvalue weighted by Crippen LogP contribution is 2.21. The van der Waals surface area contributed by atoms with Gasteiger partial charge in [0.2, 0.25) is 0 Å². The topological polar surface area (TPSA) is 145 Å². The van der Waals surface area contributed by atoms with Crippen LogP contribution in [0.25, 0.3) is 0 Å². The summed E-state index contributed by atoms with van der Waals surface area (Å²) in [5, 5.41) is 23.7. The van der Waals surface area contributed by atoms with Gasteiger partial charge in [-0.05, 0) is 29.8 Å². The van der Waals surface area contributed by atoms with E-state index in [0.29, 0.717) is 0 Å². The SMILES string of the molecule is O=C(COC(=O)c1ccccc1)OCC(NC(=O)C(Cl)Cl)C(O)c1ccc([N+](=O)[O-])cc1. The molecule has 32 heavy (non-hydrogen) atoms. The van der Waals surface area contributed by atoms with Crippen LogP contribution < -0.4 is 5.32 Å². The van der Waals surface area contributed by atoms with Crippen LogP contribution in [-0.4, -0.2) is 52.0 Å². The first kappa shape index (κ1) is 25.1. The Morgan fingerprint density at radius 1 is 1.03 bits per heavy atom. The van der Waals surface area contributed by atoms with Crippen molar-refractivity contribution in [2.75, 3.05) is 13.2 Å². The number of hydrogen-bond donors (Lipinski definition) is 2. The number of ether oxygens (including phenoxy) is 2. The molecule has 2 aromatic rings. The van der Waals surface area contributed by atoms with E-state index in [9.17, 15) is 29.6 Å². The van der Waals surface area contributed by atoms with E-state index in [1.54, 1.807) is 18.2 Å². The summed E-state index contributed by atoms with van der Waals surface area (Å²) < 4.78 is 9.84. The monoisotopic (exact) mass is 484 g/mol. The fourth-order valence-electron chi connectivity index (χ4n) is 2.49. The van der Waals surface area contributed by atoms with Crippen LogP contribution in [0, 0.1) is 10.1 Å². The molecule has 2 atom stereocenters. The molecule has 0 aliphatic carbocycles. The fraction of sp³-hybridized carbons (Fsp3) is 0.250. The second-order valence-electron chi connectivity index (χ2n) is 6.33. The molecule has 0 aliphatic rings. The zero-order valence-electron chi connectivity index (χ0n) is 16.4. The Labute approximate surface area is 192 Å². The van der Waals surface area contributed by atoms with Crippen molar-refractivity contribution in [3.63, 3.8) is 0 Å². The number of nitro benzene ring substituents is 1. The molecule has 2 rings (SSSR count). The molecule has 0 spiro atoms. The van der Waals surface area contributed by atoms with Crippen LogP contribution in [0.3, 0.4) is 0 Å². The fourth-order valence-corrected chi connectivity index (χ4v) is 2.62. The van der Waals surface area contributed by atoms with Gasteiger partial charge in [-0.25, -0.2) is 9.59 Å². The second kappa shape index (κ2) is 12.0. The summed E-state index contributed by atoms with van der Waals surface area (Å²) in [7, 11) is 0. The van der Waals surface area contributed by atoms with Gasteiger partial charge in [0.05, 0.1) is 16.5 Å². The van der Waals surface area contributed by atoms with Crippen molar-refractivity contribution < 1.29 is 33.9 Å². The number of aliphatic hydroxyl groups excluding tert-OH is 1. The van der Waals surface area contributed by atoms with Crippen LogP contribution in [0.15, 0.2) is 54.6 Å². The van der Waals surface area contributed by atoms with Crippen molar-refractivity contribution in [1.82, 2.24) is 5.32 Å². The van der Waals surface area contributed by atoms with Gasteiger partial charge >= 0.3 is 11.9 Å². The van der Waals surface area contributed by atoms with Gasteiger partial charge in [0.15, 0.2) is 11.4 Å². The van der Waals surface area contributed by atoms with E-state index in [0.717, 1.165) is 0 Å². The lowest BCUT2D eigenvalue weighted by Gasteiger charge is -2.24. The molecule has 2 aromatic carbocycles. The first-order chi connectivity index (χ1) is 15.2. The van der Waals surface area contributed by atoms with Crippen LogP contribution in [-0.2, 0) is 19.1 Å². The molecule has 2 N–H and O–H groups in total. The number of hydrogen-bond acceptors (Lipinski definition) is 8. The molecule has 170 valence electrons. The Bertz CT molecular complexity index is 954. The lowest BCUT2D eigenvalue weighted by molar-refractivity contribution is -0.384. The Kier molecular flexibility index (Phi) is 9.39. The normalized spacial score (nSPS) is 12.5. The van der Waals surface area contributed by atoms with Crippen molar-refractivity contribution in [2.24, 2.45) is 0 Å². The van der Waals surface area contributed by atoms with E-state index in [1.165, 1.54) is 36.4 Å². The van der Waals surface area contributed by atoms with Gasteiger partial charge in [-0.2, -0.15) is 0 Å². The van der Waals surface area contributed by atoms with Crippen molar-refractivity contribution in [3.05, 3.63) is 75.8 Å². The summed E-state index contributed by atoms with van der Waals surface area (Å²) in [6.45, 7) is -1.22. The minimum atomic E-state index is -1.45. The molecule has 0 saturated heterocycles. The number of non-ortho nitro benzene ring substituents is 1. The van der Waals surface area contributed by atoms with Gasteiger partial charge in [-0.1, -0.05) is 41.4 Å². The number of nitrogens with one attached hydrogen (secondary N) is 1. The molecule has 2 unspecified atom stereocenters. The molecule has 0 fully saturated rings. The van der Waals surface area contributed by atoms with Gasteiger partial charge in [0.1, 0.15) is 12.7 Å². The van der Waals surface area contributed by atoms with Crippen LogP contribution in [0.5, 0.6) is 0 Å². The number of esters is 2. The Hall–Kier alpha value is -3.21. The lowest BCUT2D eigenvalue weighted by atomic mass is 10.0. The minimum absolute atomic E-state index is 0.199. The summed E-state index contributed by atoms with van der Waals surface area (Å²) in [5.74, 6) is -2.52. The number of halogens is 2. The predicted molar refractivity (Wildman–Crippen MR) is 113 cm³/mol. The molecule has 0 aromatic heterocycles. The molecule has 1 amide bonds. The zero-order valence-corrected chi connectivity index (χ0v) is 17.9. The van der Waals surface area contributed by atoms with Crippen LogP contribution in [0.4, 0.5) is 5.69 Å². The second-order valence-corrected chi connectivity index (χ2v) is 7.43. The third kappa shape index (κ3) is 7.49.